The van der Waals surface area contributed by atoms with Gasteiger partial charge in [-0.05, 0) is 0 Å². The zero-order chi connectivity index (χ0) is 21.0. The third-order valence-electron chi connectivity index (χ3n) is 3.99. The number of non-ortho nitro benzene ring substituents is 1. The predicted molar refractivity (Wildman–Crippen MR) is 105 cm³/mol. The standard InChI is InChI=1S/C20H13N3O6/c24-19(14-9-5-2-6-10-14)18(13-7-3-1-4-8-13)21-16-11-15(22(26)27)12-17(20(16)25)23(28)29/h1-12,25H. The van der Waals surface area contributed by atoms with Crippen LogP contribution in [0.5, 0.6) is 5.75 Å². The number of carbonyl (C=O) groups excluding carboxylic acids is 1. The van der Waals surface area contributed by atoms with Gasteiger partial charge in [-0.2, -0.15) is 0 Å². The molecule has 3 aromatic rings. The van der Waals surface area contributed by atoms with Crippen molar-refractivity contribution in [2.45, 2.75) is 0 Å². The van der Waals surface area contributed by atoms with Crippen LogP contribution in [0.25, 0.3) is 0 Å². The molecule has 1 N–H and O–H groups in total. The number of nitro groups is 2. The first kappa shape index (κ1) is 19.4. The van der Waals surface area contributed by atoms with Crippen molar-refractivity contribution in [1.82, 2.24) is 0 Å². The Bertz CT molecular complexity index is 1130. The van der Waals surface area contributed by atoms with Gasteiger partial charge < -0.3 is 5.11 Å². The summed E-state index contributed by atoms with van der Waals surface area (Å²) in [5.74, 6) is -1.37. The van der Waals surface area contributed by atoms with E-state index < -0.39 is 38.4 Å². The van der Waals surface area contributed by atoms with Crippen molar-refractivity contribution in [2.75, 3.05) is 0 Å². The number of Topliss-reactive ketones (excluding diaryl/α,β-unsaturated/α-hetero) is 1. The second kappa shape index (κ2) is 8.09. The van der Waals surface area contributed by atoms with E-state index in [0.29, 0.717) is 17.2 Å². The van der Waals surface area contributed by atoms with Crippen LogP contribution in [-0.4, -0.2) is 26.4 Å². The highest BCUT2D eigenvalue weighted by Gasteiger charge is 2.25. The number of hydrogen-bond acceptors (Lipinski definition) is 7. The lowest BCUT2D eigenvalue weighted by molar-refractivity contribution is -0.394. The lowest BCUT2D eigenvalue weighted by Gasteiger charge is -2.08. The molecule has 29 heavy (non-hydrogen) atoms. The van der Waals surface area contributed by atoms with Gasteiger partial charge in [-0.1, -0.05) is 60.7 Å². The molecule has 0 aliphatic carbocycles. The quantitative estimate of drug-likeness (QED) is 0.289. The van der Waals surface area contributed by atoms with Crippen molar-refractivity contribution in [3.05, 3.63) is 104 Å². The number of hydrogen-bond donors (Lipinski definition) is 1. The first-order chi connectivity index (χ1) is 13.9. The summed E-state index contributed by atoms with van der Waals surface area (Å²) in [4.78, 5) is 37.6. The van der Waals surface area contributed by atoms with Crippen LogP contribution in [0.2, 0.25) is 0 Å². The monoisotopic (exact) mass is 391 g/mol. The van der Waals surface area contributed by atoms with Crippen molar-refractivity contribution in [2.24, 2.45) is 4.99 Å². The number of aromatic hydroxyl groups is 1. The average Bonchev–Trinajstić information content (AvgIpc) is 2.73. The van der Waals surface area contributed by atoms with E-state index >= 15 is 0 Å². The Morgan fingerprint density at radius 2 is 1.38 bits per heavy atom. The lowest BCUT2D eigenvalue weighted by Crippen LogP contribution is -2.15. The molecule has 144 valence electrons. The average molecular weight is 391 g/mol. The number of phenols is 1. The Morgan fingerprint density at radius 1 is 0.828 bits per heavy atom. The van der Waals surface area contributed by atoms with E-state index in [1.165, 1.54) is 0 Å². The summed E-state index contributed by atoms with van der Waals surface area (Å²) in [6.07, 6.45) is 0. The van der Waals surface area contributed by atoms with Gasteiger partial charge in [0.1, 0.15) is 11.4 Å². The van der Waals surface area contributed by atoms with Crippen molar-refractivity contribution >= 4 is 28.6 Å². The van der Waals surface area contributed by atoms with Crippen LogP contribution < -0.4 is 0 Å². The van der Waals surface area contributed by atoms with Gasteiger partial charge >= 0.3 is 5.69 Å². The molecule has 3 aromatic carbocycles. The van der Waals surface area contributed by atoms with E-state index in [1.54, 1.807) is 60.7 Å². The summed E-state index contributed by atoms with van der Waals surface area (Å²) < 4.78 is 0. The fourth-order valence-electron chi connectivity index (χ4n) is 2.61. The fraction of sp³-hybridized carbons (Fsp3) is 0. The largest absolute Gasteiger partial charge is 0.501 e. The molecule has 0 radical (unpaired) electrons. The number of nitrogens with zero attached hydrogens (tertiary/aromatic N) is 3. The van der Waals surface area contributed by atoms with Gasteiger partial charge in [0, 0.05) is 17.2 Å². The van der Waals surface area contributed by atoms with Crippen LogP contribution in [0.15, 0.2) is 77.8 Å². The minimum Gasteiger partial charge on any atom is -0.501 e. The number of rotatable bonds is 6. The van der Waals surface area contributed by atoms with E-state index in [2.05, 4.69) is 4.99 Å². The molecule has 0 amide bonds. The molecular formula is C20H13N3O6. The molecule has 0 aliphatic rings. The first-order valence-electron chi connectivity index (χ1n) is 8.28. The van der Waals surface area contributed by atoms with Gasteiger partial charge in [-0.3, -0.25) is 25.0 Å². The third-order valence-corrected chi connectivity index (χ3v) is 3.99. The summed E-state index contributed by atoms with van der Waals surface area (Å²) in [5, 5.41) is 32.5. The van der Waals surface area contributed by atoms with Gasteiger partial charge in [-0.25, -0.2) is 4.99 Å². The molecule has 0 bridgehead atoms. The molecule has 0 saturated carbocycles. The molecule has 0 spiro atoms. The van der Waals surface area contributed by atoms with Crippen molar-refractivity contribution in [3.63, 3.8) is 0 Å². The summed E-state index contributed by atoms with van der Waals surface area (Å²) >= 11 is 0. The molecule has 0 atom stereocenters. The zero-order valence-electron chi connectivity index (χ0n) is 14.8. The Kier molecular flexibility index (Phi) is 5.40. The molecule has 9 nitrogen and oxygen atoms in total. The lowest BCUT2D eigenvalue weighted by atomic mass is 10.0. The topological polar surface area (TPSA) is 136 Å². The highest BCUT2D eigenvalue weighted by Crippen LogP contribution is 2.40. The van der Waals surface area contributed by atoms with E-state index in [9.17, 15) is 30.1 Å². The van der Waals surface area contributed by atoms with Crippen LogP contribution in [-0.2, 0) is 0 Å². The summed E-state index contributed by atoms with van der Waals surface area (Å²) in [5.41, 5.74) is -1.40. The predicted octanol–water partition coefficient (Wildman–Crippen LogP) is 4.21. The van der Waals surface area contributed by atoms with Gasteiger partial charge in [0.25, 0.3) is 5.69 Å². The molecule has 0 saturated heterocycles. The minimum absolute atomic E-state index is 0.123. The van der Waals surface area contributed by atoms with Gasteiger partial charge in [0.05, 0.1) is 15.9 Å². The van der Waals surface area contributed by atoms with E-state index in [-0.39, 0.29) is 5.71 Å². The third kappa shape index (κ3) is 4.14. The maximum atomic E-state index is 13.0. The molecule has 0 fully saturated rings. The normalized spacial score (nSPS) is 11.1. The number of nitro benzene ring substituents is 2. The van der Waals surface area contributed by atoms with Crippen LogP contribution in [0.1, 0.15) is 15.9 Å². The number of carbonyl (C=O) groups is 1. The molecule has 0 aliphatic heterocycles. The SMILES string of the molecule is O=C(C(=Nc1cc([N+](=O)[O-])cc([N+](=O)[O-])c1O)c1ccccc1)c1ccccc1. The number of phenolic OH excluding ortho intramolecular Hbond substituents is 1. The van der Waals surface area contributed by atoms with E-state index in [0.717, 1.165) is 6.07 Å². The maximum Gasteiger partial charge on any atom is 0.319 e. The van der Waals surface area contributed by atoms with Gasteiger partial charge in [-0.15, -0.1) is 0 Å². The summed E-state index contributed by atoms with van der Waals surface area (Å²) in [6, 6.07) is 17.9. The maximum absolute atomic E-state index is 13.0. The molecule has 0 unspecified atom stereocenters. The highest BCUT2D eigenvalue weighted by atomic mass is 16.6. The Labute approximate surface area is 163 Å². The molecule has 3 rings (SSSR count). The van der Waals surface area contributed by atoms with Crippen LogP contribution in [0, 0.1) is 20.2 Å². The number of ketones is 1. The van der Waals surface area contributed by atoms with Crippen LogP contribution >= 0.6 is 0 Å². The highest BCUT2D eigenvalue weighted by molar-refractivity contribution is 6.51. The van der Waals surface area contributed by atoms with Gasteiger partial charge in [0.2, 0.25) is 11.5 Å². The summed E-state index contributed by atoms with van der Waals surface area (Å²) in [7, 11) is 0. The molecule has 0 heterocycles. The Hall–Kier alpha value is -4.40. The van der Waals surface area contributed by atoms with Crippen molar-refractivity contribution in [1.29, 1.82) is 0 Å². The molecule has 0 aromatic heterocycles. The van der Waals surface area contributed by atoms with Crippen molar-refractivity contribution in [3.8, 4) is 5.75 Å². The van der Waals surface area contributed by atoms with Crippen molar-refractivity contribution < 1.29 is 19.7 Å². The minimum atomic E-state index is -0.956. The molecule has 9 heteroatoms. The fourth-order valence-corrected chi connectivity index (χ4v) is 2.61. The number of benzene rings is 3. The second-order valence-corrected chi connectivity index (χ2v) is 5.87. The summed E-state index contributed by atoms with van der Waals surface area (Å²) in [6.45, 7) is 0. The second-order valence-electron chi connectivity index (χ2n) is 5.87. The van der Waals surface area contributed by atoms with E-state index in [1.807, 2.05) is 0 Å². The molecular weight excluding hydrogens is 378 g/mol. The van der Waals surface area contributed by atoms with Crippen LogP contribution in [0.4, 0.5) is 17.1 Å². The Morgan fingerprint density at radius 3 is 1.90 bits per heavy atom. The first-order valence-corrected chi connectivity index (χ1v) is 8.28. The number of aliphatic imine (C=N–C) groups is 1. The van der Waals surface area contributed by atoms with Crippen LogP contribution in [0.3, 0.4) is 0 Å². The van der Waals surface area contributed by atoms with Gasteiger partial charge in [0.15, 0.2) is 0 Å². The zero-order valence-corrected chi connectivity index (χ0v) is 14.8. The Balaban J connectivity index is 2.25. The van der Waals surface area contributed by atoms with E-state index in [4.69, 9.17) is 0 Å². The smallest absolute Gasteiger partial charge is 0.319 e.